The molecular weight excluding hydrogens is 740 g/mol. The Morgan fingerprint density at radius 2 is 1.74 bits per heavy atom. The van der Waals surface area contributed by atoms with Crippen LogP contribution in [0.4, 0.5) is 4.32 Å². The second-order valence-corrected chi connectivity index (χ2v) is 13.4. The van der Waals surface area contributed by atoms with Crippen molar-refractivity contribution in [1.82, 2.24) is 14.2 Å². The molecule has 1 aromatic carbocycles. The topological polar surface area (TPSA) is 136 Å². The molecule has 0 aliphatic rings. The normalized spacial score (nSPS) is 12.8. The molecule has 3 unspecified atom stereocenters. The van der Waals surface area contributed by atoms with Crippen molar-refractivity contribution in [3.05, 3.63) is 68.0 Å². The Hall–Kier alpha value is -2.59. The van der Waals surface area contributed by atoms with Gasteiger partial charge in [0, 0.05) is 31.8 Å². The maximum atomic E-state index is 14.2. The number of carbonyl (C=O) groups excluding carboxylic acids is 1. The monoisotopic (exact) mass is 786 g/mol. The molecule has 2 aromatic rings. The third-order valence-corrected chi connectivity index (χ3v) is 9.04. The van der Waals surface area contributed by atoms with E-state index >= 15 is 0 Å². The standard InChI is InChI=1S/C30H40BFIN4O7P.C2H6/c1-21(2)37(22(3)4)45(43-17-9-15-34)44-27(26(41-6)18-31(32)33)20-36-19-25(28(38)35-30(36)40)10-7-8-16-42-29(39)24-13-11-23(5)12-14-24;1-2/h11-14,19,21-22,26-27H,8-9,16-18,20H2,1-6H3,(H,35,38,40);1-2H3. The van der Waals surface area contributed by atoms with Gasteiger partial charge >= 0.3 is 16.5 Å². The molecule has 258 valence electrons. The molecule has 0 spiro atoms. The van der Waals surface area contributed by atoms with Crippen LogP contribution in [0.1, 0.15) is 75.9 Å². The van der Waals surface area contributed by atoms with Gasteiger partial charge in [-0.2, -0.15) is 5.26 Å². The molecule has 0 fully saturated rings. The van der Waals surface area contributed by atoms with Gasteiger partial charge in [-0.25, -0.2) is 14.3 Å². The fourth-order valence-electron chi connectivity index (χ4n) is 4.26. The summed E-state index contributed by atoms with van der Waals surface area (Å²) in [6, 6.07) is 9.04. The molecule has 3 atom stereocenters. The Morgan fingerprint density at radius 3 is 2.30 bits per heavy atom. The summed E-state index contributed by atoms with van der Waals surface area (Å²) >= 11 is 1.65. The summed E-state index contributed by atoms with van der Waals surface area (Å²) in [5.74, 6) is 5.06. The zero-order valence-electron chi connectivity index (χ0n) is 28.4. The van der Waals surface area contributed by atoms with Crippen LogP contribution in [0.2, 0.25) is 6.32 Å². The van der Waals surface area contributed by atoms with Crippen molar-refractivity contribution < 1.29 is 27.6 Å². The van der Waals surface area contributed by atoms with Crippen molar-refractivity contribution in [3.63, 3.8) is 0 Å². The van der Waals surface area contributed by atoms with Crippen molar-refractivity contribution in [3.8, 4) is 17.9 Å². The number of aryl methyl sites for hydroxylation is 1. The summed E-state index contributed by atoms with van der Waals surface area (Å²) in [4.78, 5) is 38.6. The number of methoxy groups -OCH3 is 1. The van der Waals surface area contributed by atoms with Crippen molar-refractivity contribution in [2.45, 2.75) is 98.5 Å². The summed E-state index contributed by atoms with van der Waals surface area (Å²) in [6.45, 7) is 13.9. The summed E-state index contributed by atoms with van der Waals surface area (Å²) in [6.07, 6.45) is -0.0588. The number of nitrogens with one attached hydrogen (secondary N) is 1. The Balaban J connectivity index is 0.00000541. The van der Waals surface area contributed by atoms with Gasteiger partial charge in [0.15, 0.2) is 0 Å². The predicted molar refractivity (Wildman–Crippen MR) is 192 cm³/mol. The third kappa shape index (κ3) is 15.0. The molecule has 0 amide bonds. The number of esters is 1. The maximum Gasteiger partial charge on any atom is 0.418 e. The number of halogens is 2. The quantitative estimate of drug-likeness (QED) is 0.0509. The van der Waals surface area contributed by atoms with Gasteiger partial charge in [0.25, 0.3) is 14.1 Å². The first-order chi connectivity index (χ1) is 22.4. The Bertz CT molecular complexity index is 1450. The zero-order valence-corrected chi connectivity index (χ0v) is 31.5. The number of benzene rings is 1. The van der Waals surface area contributed by atoms with E-state index in [9.17, 15) is 18.7 Å². The minimum Gasteiger partial charge on any atom is -0.461 e. The lowest BCUT2D eigenvalue weighted by Gasteiger charge is -2.38. The van der Waals surface area contributed by atoms with E-state index < -0.39 is 42.8 Å². The van der Waals surface area contributed by atoms with Crippen LogP contribution in [-0.4, -0.2) is 69.7 Å². The third-order valence-electron chi connectivity index (χ3n) is 6.37. The number of hydrogen-bond donors (Lipinski definition) is 1. The second-order valence-electron chi connectivity index (χ2n) is 10.6. The predicted octanol–water partition coefficient (Wildman–Crippen LogP) is 6.04. The van der Waals surface area contributed by atoms with Crippen LogP contribution in [0.25, 0.3) is 0 Å². The summed E-state index contributed by atoms with van der Waals surface area (Å²) in [5, 5.41) is 9.05. The fourth-order valence-corrected chi connectivity index (χ4v) is 6.50. The van der Waals surface area contributed by atoms with E-state index in [1.54, 1.807) is 34.5 Å². The van der Waals surface area contributed by atoms with Gasteiger partial charge in [-0.05, 0) is 53.1 Å². The van der Waals surface area contributed by atoms with Crippen LogP contribution in [0.15, 0.2) is 40.1 Å². The molecule has 0 saturated carbocycles. The first-order valence-electron chi connectivity index (χ1n) is 15.5. The molecule has 0 saturated heterocycles. The summed E-state index contributed by atoms with van der Waals surface area (Å²) in [7, 11) is -0.324. The molecular formula is C32H46BFIN4O7P. The van der Waals surface area contributed by atoms with Crippen molar-refractivity contribution >= 4 is 41.7 Å². The number of aromatic amines is 1. The summed E-state index contributed by atoms with van der Waals surface area (Å²) in [5.41, 5.74) is 0.0858. The van der Waals surface area contributed by atoms with Crippen LogP contribution in [0, 0.1) is 30.1 Å². The lowest BCUT2D eigenvalue weighted by Crippen LogP contribution is -2.42. The zero-order chi connectivity index (χ0) is 35.5. The van der Waals surface area contributed by atoms with Crippen LogP contribution in [0.5, 0.6) is 0 Å². The average molecular weight is 786 g/mol. The molecule has 0 radical (unpaired) electrons. The van der Waals surface area contributed by atoms with E-state index in [0.717, 1.165) is 5.56 Å². The molecule has 11 nitrogen and oxygen atoms in total. The van der Waals surface area contributed by atoms with E-state index in [4.69, 9.17) is 23.8 Å². The average Bonchev–Trinajstić information content (AvgIpc) is 3.02. The van der Waals surface area contributed by atoms with Crippen molar-refractivity contribution in [1.29, 1.82) is 5.26 Å². The number of ether oxygens (including phenoxy) is 2. The van der Waals surface area contributed by atoms with Crippen LogP contribution < -0.4 is 11.2 Å². The number of nitrogens with zero attached hydrogens (tertiary/aromatic N) is 3. The number of rotatable bonds is 17. The van der Waals surface area contributed by atoms with Crippen molar-refractivity contribution in [2.24, 2.45) is 0 Å². The second kappa shape index (κ2) is 22.9. The number of hydrogen-bond acceptors (Lipinski definition) is 9. The smallest absolute Gasteiger partial charge is 0.418 e. The number of nitriles is 1. The molecule has 0 aliphatic carbocycles. The number of aromatic nitrogens is 2. The molecule has 1 aromatic heterocycles. The first kappa shape index (κ1) is 42.4. The summed E-state index contributed by atoms with van der Waals surface area (Å²) < 4.78 is 40.8. The van der Waals surface area contributed by atoms with Gasteiger partial charge in [0.2, 0.25) is 0 Å². The van der Waals surface area contributed by atoms with Crippen LogP contribution in [0.3, 0.4) is 0 Å². The SMILES string of the molecule is CC.COC(CB(F)I)C(Cn1cc(C#CCCOC(=O)c2ccc(C)cc2)c(=O)[nH]c1=O)OP(OCCC#N)N(C(C)C)C(C)C. The minimum atomic E-state index is -1.75. The number of H-pyrrole nitrogens is 1. The van der Waals surface area contributed by atoms with Gasteiger partial charge in [0.1, 0.15) is 18.3 Å². The molecule has 1 N–H and O–H groups in total. The van der Waals surface area contributed by atoms with E-state index in [-0.39, 0.29) is 56.6 Å². The Morgan fingerprint density at radius 1 is 1.11 bits per heavy atom. The lowest BCUT2D eigenvalue weighted by atomic mass is 9.91. The van der Waals surface area contributed by atoms with Gasteiger partial charge in [0.05, 0.1) is 37.3 Å². The Kier molecular flexibility index (Phi) is 20.7. The Labute approximate surface area is 292 Å². The molecule has 0 bridgehead atoms. The van der Waals surface area contributed by atoms with Crippen LogP contribution in [-0.2, 0) is 25.1 Å². The molecule has 0 aliphatic heterocycles. The maximum absolute atomic E-state index is 14.2. The van der Waals surface area contributed by atoms with E-state index in [2.05, 4.69) is 22.9 Å². The minimum absolute atomic E-state index is 0.00665. The first-order valence-corrected chi connectivity index (χ1v) is 17.9. The number of carbonyl (C=O) groups is 1. The van der Waals surface area contributed by atoms with E-state index in [1.807, 2.05) is 65.3 Å². The molecule has 1 heterocycles. The van der Waals surface area contributed by atoms with Gasteiger partial charge in [-0.1, -0.05) is 43.4 Å². The highest BCUT2D eigenvalue weighted by atomic mass is 127. The van der Waals surface area contributed by atoms with Crippen molar-refractivity contribution in [2.75, 3.05) is 20.3 Å². The largest absolute Gasteiger partial charge is 0.461 e. The van der Waals surface area contributed by atoms with Gasteiger partial charge in [-0.3, -0.25) is 14.3 Å². The molecule has 47 heavy (non-hydrogen) atoms. The highest BCUT2D eigenvalue weighted by Crippen LogP contribution is 2.48. The highest BCUT2D eigenvalue weighted by molar-refractivity contribution is 14.1. The molecule has 2 rings (SSSR count). The lowest BCUT2D eigenvalue weighted by molar-refractivity contribution is -0.00460. The van der Waals surface area contributed by atoms with Gasteiger partial charge in [-0.15, -0.1) is 22.4 Å². The van der Waals surface area contributed by atoms with Crippen LogP contribution >= 0.6 is 30.9 Å². The van der Waals surface area contributed by atoms with Gasteiger partial charge < -0.3 is 22.8 Å². The highest BCUT2D eigenvalue weighted by Gasteiger charge is 2.35. The van der Waals surface area contributed by atoms with E-state index in [1.165, 1.54) is 17.9 Å². The molecule has 15 heteroatoms. The fraction of sp³-hybridized carbons (Fsp3) is 0.562. The van der Waals surface area contributed by atoms with E-state index in [0.29, 0.717) is 5.56 Å².